The highest BCUT2D eigenvalue weighted by Crippen LogP contribution is 2.40. The van der Waals surface area contributed by atoms with Gasteiger partial charge in [-0.3, -0.25) is 14.5 Å². The first kappa shape index (κ1) is 18.5. The lowest BCUT2D eigenvalue weighted by Crippen LogP contribution is -2.70. The molecule has 0 bridgehead atoms. The number of hydrogen-bond acceptors (Lipinski definition) is 6. The molecule has 7 nitrogen and oxygen atoms in total. The third-order valence-electron chi connectivity index (χ3n) is 4.18. The molecule has 2 atom stereocenters. The smallest absolute Gasteiger partial charge is 0.357 e. The summed E-state index contributed by atoms with van der Waals surface area (Å²) >= 11 is 1.52. The molecule has 2 aliphatic rings. The van der Waals surface area contributed by atoms with Gasteiger partial charge in [0.05, 0.1) is 6.42 Å². The van der Waals surface area contributed by atoms with E-state index in [1.54, 1.807) is 6.92 Å². The molecule has 2 heterocycles. The predicted molar refractivity (Wildman–Crippen MR) is 95.8 cm³/mol. The molecule has 1 N–H and O–H groups in total. The Balaban J connectivity index is 1.65. The Morgan fingerprint density at radius 1 is 1.31 bits per heavy atom. The van der Waals surface area contributed by atoms with Gasteiger partial charge in [-0.1, -0.05) is 30.3 Å². The van der Waals surface area contributed by atoms with Gasteiger partial charge in [0.15, 0.2) is 6.79 Å². The Morgan fingerprint density at radius 2 is 2.04 bits per heavy atom. The zero-order valence-electron chi connectivity index (χ0n) is 14.6. The lowest BCUT2D eigenvalue weighted by Gasteiger charge is -2.49. The van der Waals surface area contributed by atoms with Gasteiger partial charge in [0.25, 0.3) is 5.91 Å². The highest BCUT2D eigenvalue weighted by atomic mass is 32.2. The standard InChI is InChI=1S/C18H20N2O5S/c1-11-9-26-17-14(19-13(21)8-12-6-4-3-5-7-12)16(22)20(17)15(11)18(23)25-10-24-2/h3-7,14,17H,8-10H2,1-2H3,(H,19,21)/t14?,17-/m1/s1. The number of benzene rings is 1. The number of methoxy groups -OCH3 is 1. The first-order valence-electron chi connectivity index (χ1n) is 8.16. The summed E-state index contributed by atoms with van der Waals surface area (Å²) in [5, 5.41) is 2.49. The Labute approximate surface area is 155 Å². The topological polar surface area (TPSA) is 84.9 Å². The van der Waals surface area contributed by atoms with Crippen molar-refractivity contribution in [3.63, 3.8) is 0 Å². The molecule has 0 aromatic heterocycles. The number of esters is 1. The molecule has 0 saturated carbocycles. The molecule has 0 radical (unpaired) electrons. The zero-order chi connectivity index (χ0) is 18.7. The van der Waals surface area contributed by atoms with E-state index < -0.39 is 12.0 Å². The molecule has 1 saturated heterocycles. The van der Waals surface area contributed by atoms with E-state index >= 15 is 0 Å². The summed E-state index contributed by atoms with van der Waals surface area (Å²) in [5.74, 6) is -0.509. The lowest BCUT2D eigenvalue weighted by atomic mass is 10.0. The third-order valence-corrected chi connectivity index (χ3v) is 5.61. The fourth-order valence-corrected chi connectivity index (χ4v) is 4.24. The van der Waals surface area contributed by atoms with Crippen LogP contribution in [-0.4, -0.2) is 53.8 Å². The van der Waals surface area contributed by atoms with Gasteiger partial charge in [0, 0.05) is 12.9 Å². The number of β-lactam (4-membered cyclic amide) rings is 1. The number of nitrogens with zero attached hydrogens (tertiary/aromatic N) is 1. The maximum Gasteiger partial charge on any atom is 0.357 e. The lowest BCUT2D eigenvalue weighted by molar-refractivity contribution is -0.158. The maximum absolute atomic E-state index is 12.5. The molecule has 3 rings (SSSR count). The molecule has 0 aliphatic carbocycles. The summed E-state index contributed by atoms with van der Waals surface area (Å²) in [4.78, 5) is 38.4. The van der Waals surface area contributed by atoms with Crippen LogP contribution in [0, 0.1) is 0 Å². The number of nitrogens with one attached hydrogen (secondary N) is 1. The van der Waals surface area contributed by atoms with E-state index in [2.05, 4.69) is 5.32 Å². The van der Waals surface area contributed by atoms with Crippen molar-refractivity contribution in [3.05, 3.63) is 47.2 Å². The van der Waals surface area contributed by atoms with Crippen molar-refractivity contribution in [2.24, 2.45) is 0 Å². The van der Waals surface area contributed by atoms with Crippen molar-refractivity contribution in [2.45, 2.75) is 24.8 Å². The van der Waals surface area contributed by atoms with E-state index in [9.17, 15) is 14.4 Å². The molecule has 1 fully saturated rings. The van der Waals surface area contributed by atoms with Crippen LogP contribution >= 0.6 is 11.8 Å². The van der Waals surface area contributed by atoms with E-state index in [4.69, 9.17) is 9.47 Å². The largest absolute Gasteiger partial charge is 0.434 e. The number of amides is 2. The molecule has 138 valence electrons. The number of carbonyl (C=O) groups is 3. The molecule has 1 aromatic rings. The summed E-state index contributed by atoms with van der Waals surface area (Å²) in [6, 6.07) is 8.70. The number of carbonyl (C=O) groups excluding carboxylic acids is 3. The average Bonchev–Trinajstić information content (AvgIpc) is 2.64. The van der Waals surface area contributed by atoms with Gasteiger partial charge in [-0.2, -0.15) is 0 Å². The fraction of sp³-hybridized carbons (Fsp3) is 0.389. The number of thioether (sulfide) groups is 1. The van der Waals surface area contributed by atoms with Gasteiger partial charge in [-0.25, -0.2) is 4.79 Å². The number of hydrogen-bond donors (Lipinski definition) is 1. The normalized spacial score (nSPS) is 21.8. The second-order valence-electron chi connectivity index (χ2n) is 6.08. The first-order chi connectivity index (χ1) is 12.5. The summed E-state index contributed by atoms with van der Waals surface area (Å²) < 4.78 is 9.73. The van der Waals surface area contributed by atoms with Crippen molar-refractivity contribution in [1.82, 2.24) is 10.2 Å². The summed E-state index contributed by atoms with van der Waals surface area (Å²) in [7, 11) is 1.42. The number of fused-ring (bicyclic) bond motifs is 1. The quantitative estimate of drug-likeness (QED) is 0.454. The highest BCUT2D eigenvalue weighted by molar-refractivity contribution is 8.00. The van der Waals surface area contributed by atoms with Crippen molar-refractivity contribution in [2.75, 3.05) is 19.7 Å². The molecular formula is C18H20N2O5S. The predicted octanol–water partition coefficient (Wildman–Crippen LogP) is 1.05. The Kier molecular flexibility index (Phi) is 5.63. The van der Waals surface area contributed by atoms with Crippen LogP contribution in [0.2, 0.25) is 0 Å². The molecule has 1 unspecified atom stereocenters. The molecule has 26 heavy (non-hydrogen) atoms. The Bertz CT molecular complexity index is 749. The van der Waals surface area contributed by atoms with Crippen LogP contribution in [0.3, 0.4) is 0 Å². The number of rotatable bonds is 6. The monoisotopic (exact) mass is 376 g/mol. The maximum atomic E-state index is 12.5. The highest BCUT2D eigenvalue weighted by Gasteiger charge is 2.53. The van der Waals surface area contributed by atoms with E-state index in [1.165, 1.54) is 23.8 Å². The fourth-order valence-electron chi connectivity index (χ4n) is 2.95. The van der Waals surface area contributed by atoms with Gasteiger partial charge in [-0.05, 0) is 18.1 Å². The van der Waals surface area contributed by atoms with E-state index in [1.807, 2.05) is 30.3 Å². The summed E-state index contributed by atoms with van der Waals surface area (Å²) in [5.41, 5.74) is 1.91. The van der Waals surface area contributed by atoms with Crippen LogP contribution in [0.1, 0.15) is 12.5 Å². The van der Waals surface area contributed by atoms with Gasteiger partial charge in [-0.15, -0.1) is 11.8 Å². The molecular weight excluding hydrogens is 356 g/mol. The molecule has 2 aliphatic heterocycles. The van der Waals surface area contributed by atoms with Crippen molar-refractivity contribution in [3.8, 4) is 0 Å². The van der Waals surface area contributed by atoms with Crippen molar-refractivity contribution < 1.29 is 23.9 Å². The molecule has 8 heteroatoms. The minimum Gasteiger partial charge on any atom is -0.434 e. The minimum absolute atomic E-state index is 0.174. The van der Waals surface area contributed by atoms with E-state index in [0.29, 0.717) is 5.75 Å². The second kappa shape index (κ2) is 7.92. The second-order valence-corrected chi connectivity index (χ2v) is 7.19. The number of ether oxygens (including phenoxy) is 2. The van der Waals surface area contributed by atoms with Gasteiger partial charge >= 0.3 is 5.97 Å². The minimum atomic E-state index is -0.630. The van der Waals surface area contributed by atoms with Crippen molar-refractivity contribution in [1.29, 1.82) is 0 Å². The van der Waals surface area contributed by atoms with Crippen LogP contribution in [0.4, 0.5) is 0 Å². The van der Waals surface area contributed by atoms with Crippen LogP contribution in [0.25, 0.3) is 0 Å². The van der Waals surface area contributed by atoms with Gasteiger partial charge in [0.1, 0.15) is 17.1 Å². The zero-order valence-corrected chi connectivity index (χ0v) is 15.4. The van der Waals surface area contributed by atoms with Crippen LogP contribution in [0.5, 0.6) is 0 Å². The molecule has 2 amide bonds. The Hall–Kier alpha value is -2.32. The summed E-state index contributed by atoms with van der Waals surface area (Å²) in [6.45, 7) is 1.62. The third kappa shape index (κ3) is 3.61. The van der Waals surface area contributed by atoms with Crippen LogP contribution < -0.4 is 5.32 Å². The van der Waals surface area contributed by atoms with Crippen molar-refractivity contribution >= 4 is 29.5 Å². The van der Waals surface area contributed by atoms with E-state index in [0.717, 1.165) is 11.1 Å². The SMILES string of the molecule is COCOC(=O)C1=C(C)CS[C@@H]2C(NC(=O)Cc3ccccc3)C(=O)N12. The van der Waals surface area contributed by atoms with Crippen LogP contribution in [-0.2, 0) is 30.3 Å². The van der Waals surface area contributed by atoms with Gasteiger partial charge < -0.3 is 14.8 Å². The van der Waals surface area contributed by atoms with Gasteiger partial charge in [0.2, 0.25) is 5.91 Å². The van der Waals surface area contributed by atoms with E-state index in [-0.39, 0.29) is 36.1 Å². The summed E-state index contributed by atoms with van der Waals surface area (Å²) in [6.07, 6.45) is 0.208. The molecule has 1 aromatic carbocycles. The van der Waals surface area contributed by atoms with Crippen LogP contribution in [0.15, 0.2) is 41.6 Å². The Morgan fingerprint density at radius 3 is 2.73 bits per heavy atom. The average molecular weight is 376 g/mol. The molecule has 0 spiro atoms. The first-order valence-corrected chi connectivity index (χ1v) is 9.21.